The number of hydrogen-bond donors (Lipinski definition) is 0. The van der Waals surface area contributed by atoms with Crippen LogP contribution in [0, 0.1) is 0 Å². The van der Waals surface area contributed by atoms with E-state index in [0.29, 0.717) is 12.1 Å². The van der Waals surface area contributed by atoms with Gasteiger partial charge in [-0.1, -0.05) is 0 Å². The van der Waals surface area contributed by atoms with Crippen molar-refractivity contribution in [1.29, 1.82) is 0 Å². The second-order valence-corrected chi connectivity index (χ2v) is 4.21. The molecule has 0 spiro atoms. The minimum Gasteiger partial charge on any atom is -0.331 e. The van der Waals surface area contributed by atoms with Crippen molar-refractivity contribution in [2.45, 2.75) is 45.2 Å². The molecule has 1 aliphatic heterocycles. The van der Waals surface area contributed by atoms with Crippen LogP contribution in [0.3, 0.4) is 0 Å². The first kappa shape index (κ1) is 10.4. The van der Waals surface area contributed by atoms with Crippen LogP contribution >= 0.6 is 0 Å². The van der Waals surface area contributed by atoms with Crippen LogP contribution in [0.5, 0.6) is 0 Å². The molecule has 0 aromatic carbocycles. The van der Waals surface area contributed by atoms with E-state index in [1.165, 1.54) is 6.42 Å². The molecular weight excluding hydrogens is 164 g/mol. The number of amides is 2. The highest BCUT2D eigenvalue weighted by atomic mass is 16.2. The Bertz CT molecular complexity index is 181. The normalized spacial score (nSPS) is 28.8. The fraction of sp³-hybridized carbons (Fsp3) is 0.900. The lowest BCUT2D eigenvalue weighted by Crippen LogP contribution is -2.51. The standard InChI is InChI=1S/C10H20N2O/c1-8-6-5-7-9(2)12(8)10(13)11(3)4/h8-9H,5-7H2,1-4H3/t8-,9+. The highest BCUT2D eigenvalue weighted by molar-refractivity contribution is 5.74. The Morgan fingerprint density at radius 3 is 2.08 bits per heavy atom. The Hall–Kier alpha value is -0.730. The predicted molar refractivity (Wildman–Crippen MR) is 53.7 cm³/mol. The van der Waals surface area contributed by atoms with E-state index in [-0.39, 0.29) is 6.03 Å². The minimum absolute atomic E-state index is 0.153. The van der Waals surface area contributed by atoms with Crippen LogP contribution < -0.4 is 0 Å². The molecular formula is C10H20N2O. The van der Waals surface area contributed by atoms with E-state index >= 15 is 0 Å². The third-order valence-corrected chi connectivity index (χ3v) is 2.80. The monoisotopic (exact) mass is 184 g/mol. The molecule has 1 rings (SSSR count). The maximum absolute atomic E-state index is 11.8. The van der Waals surface area contributed by atoms with Crippen molar-refractivity contribution in [3.63, 3.8) is 0 Å². The SMILES string of the molecule is C[C@@H]1CCC[C@H](C)N1C(=O)N(C)C. The molecule has 2 atom stereocenters. The Balaban J connectivity index is 2.68. The number of piperidine rings is 1. The largest absolute Gasteiger partial charge is 0.331 e. The molecule has 0 unspecified atom stereocenters. The van der Waals surface area contributed by atoms with Crippen LogP contribution in [0.4, 0.5) is 4.79 Å². The Labute approximate surface area is 80.7 Å². The van der Waals surface area contributed by atoms with Crippen LogP contribution in [0.25, 0.3) is 0 Å². The van der Waals surface area contributed by atoms with E-state index in [1.807, 2.05) is 19.0 Å². The van der Waals surface area contributed by atoms with Crippen molar-refractivity contribution in [2.75, 3.05) is 14.1 Å². The predicted octanol–water partition coefficient (Wildman–Crippen LogP) is 1.93. The van der Waals surface area contributed by atoms with Gasteiger partial charge in [0.05, 0.1) is 0 Å². The van der Waals surface area contributed by atoms with Gasteiger partial charge in [0, 0.05) is 26.2 Å². The minimum atomic E-state index is 0.153. The summed E-state index contributed by atoms with van der Waals surface area (Å²) in [6, 6.07) is 0.956. The number of hydrogen-bond acceptors (Lipinski definition) is 1. The second-order valence-electron chi connectivity index (χ2n) is 4.21. The van der Waals surface area contributed by atoms with Gasteiger partial charge in [0.2, 0.25) is 0 Å². The van der Waals surface area contributed by atoms with Gasteiger partial charge in [-0.25, -0.2) is 4.79 Å². The number of likely N-dealkylation sites (tertiary alicyclic amines) is 1. The molecule has 76 valence electrons. The van der Waals surface area contributed by atoms with Crippen LogP contribution in [-0.4, -0.2) is 42.0 Å². The molecule has 13 heavy (non-hydrogen) atoms. The quantitative estimate of drug-likeness (QED) is 0.564. The summed E-state index contributed by atoms with van der Waals surface area (Å²) in [6.45, 7) is 4.27. The molecule has 0 saturated carbocycles. The number of urea groups is 1. The average Bonchev–Trinajstić information content (AvgIpc) is 2.03. The van der Waals surface area contributed by atoms with Crippen LogP contribution in [-0.2, 0) is 0 Å². The molecule has 2 amide bonds. The molecule has 1 aliphatic rings. The Kier molecular flexibility index (Phi) is 3.17. The zero-order chi connectivity index (χ0) is 10.0. The number of carbonyl (C=O) groups is 1. The molecule has 1 saturated heterocycles. The van der Waals surface area contributed by atoms with Gasteiger partial charge in [0.25, 0.3) is 0 Å². The second kappa shape index (κ2) is 3.99. The zero-order valence-electron chi connectivity index (χ0n) is 9.08. The summed E-state index contributed by atoms with van der Waals surface area (Å²) in [6.07, 6.45) is 3.54. The van der Waals surface area contributed by atoms with Crippen molar-refractivity contribution in [3.05, 3.63) is 0 Å². The molecule has 3 heteroatoms. The molecule has 0 aromatic heterocycles. The molecule has 1 fully saturated rings. The van der Waals surface area contributed by atoms with Gasteiger partial charge in [-0.2, -0.15) is 0 Å². The van der Waals surface area contributed by atoms with Gasteiger partial charge in [-0.05, 0) is 33.1 Å². The summed E-state index contributed by atoms with van der Waals surface area (Å²) in [5.74, 6) is 0. The third-order valence-electron chi connectivity index (χ3n) is 2.80. The van der Waals surface area contributed by atoms with E-state index in [1.54, 1.807) is 4.90 Å². The summed E-state index contributed by atoms with van der Waals surface area (Å²) in [4.78, 5) is 15.4. The first-order chi connectivity index (χ1) is 6.04. The van der Waals surface area contributed by atoms with Crippen molar-refractivity contribution in [3.8, 4) is 0 Å². The lowest BCUT2D eigenvalue weighted by Gasteiger charge is -2.40. The smallest absolute Gasteiger partial charge is 0.319 e. The highest BCUT2D eigenvalue weighted by Crippen LogP contribution is 2.23. The Morgan fingerprint density at radius 1 is 1.23 bits per heavy atom. The van der Waals surface area contributed by atoms with Crippen LogP contribution in [0.1, 0.15) is 33.1 Å². The topological polar surface area (TPSA) is 23.6 Å². The number of nitrogens with zero attached hydrogens (tertiary/aromatic N) is 2. The fourth-order valence-corrected chi connectivity index (χ4v) is 2.03. The molecule has 0 bridgehead atoms. The van der Waals surface area contributed by atoms with Gasteiger partial charge in [0.1, 0.15) is 0 Å². The van der Waals surface area contributed by atoms with Gasteiger partial charge >= 0.3 is 6.03 Å². The summed E-state index contributed by atoms with van der Waals surface area (Å²) in [5, 5.41) is 0. The van der Waals surface area contributed by atoms with Crippen LogP contribution in [0.15, 0.2) is 0 Å². The summed E-state index contributed by atoms with van der Waals surface area (Å²) >= 11 is 0. The van der Waals surface area contributed by atoms with E-state index < -0.39 is 0 Å². The van der Waals surface area contributed by atoms with Gasteiger partial charge in [-0.15, -0.1) is 0 Å². The van der Waals surface area contributed by atoms with Crippen LogP contribution in [0.2, 0.25) is 0 Å². The first-order valence-electron chi connectivity index (χ1n) is 5.03. The molecule has 0 N–H and O–H groups in total. The summed E-state index contributed by atoms with van der Waals surface area (Å²) in [5.41, 5.74) is 0. The van der Waals surface area contributed by atoms with Crippen molar-refractivity contribution < 1.29 is 4.79 Å². The lowest BCUT2D eigenvalue weighted by molar-refractivity contribution is 0.104. The third kappa shape index (κ3) is 2.14. The van der Waals surface area contributed by atoms with E-state index in [0.717, 1.165) is 12.8 Å². The maximum Gasteiger partial charge on any atom is 0.319 e. The van der Waals surface area contributed by atoms with Crippen molar-refractivity contribution in [2.24, 2.45) is 0 Å². The fourth-order valence-electron chi connectivity index (χ4n) is 2.03. The van der Waals surface area contributed by atoms with Gasteiger partial charge < -0.3 is 9.80 Å². The van der Waals surface area contributed by atoms with Crippen molar-refractivity contribution in [1.82, 2.24) is 9.80 Å². The van der Waals surface area contributed by atoms with Gasteiger partial charge in [0.15, 0.2) is 0 Å². The highest BCUT2D eigenvalue weighted by Gasteiger charge is 2.29. The van der Waals surface area contributed by atoms with E-state index in [4.69, 9.17) is 0 Å². The first-order valence-corrected chi connectivity index (χ1v) is 5.03. The van der Waals surface area contributed by atoms with Crippen molar-refractivity contribution >= 4 is 6.03 Å². The van der Waals surface area contributed by atoms with E-state index in [2.05, 4.69) is 13.8 Å². The number of carbonyl (C=O) groups excluding carboxylic acids is 1. The summed E-state index contributed by atoms with van der Waals surface area (Å²) < 4.78 is 0. The summed E-state index contributed by atoms with van der Waals surface area (Å²) in [7, 11) is 3.63. The molecule has 0 radical (unpaired) electrons. The van der Waals surface area contributed by atoms with E-state index in [9.17, 15) is 4.79 Å². The zero-order valence-corrected chi connectivity index (χ0v) is 9.08. The molecule has 1 heterocycles. The number of rotatable bonds is 0. The average molecular weight is 184 g/mol. The Morgan fingerprint density at radius 2 is 1.69 bits per heavy atom. The maximum atomic E-state index is 11.8. The lowest BCUT2D eigenvalue weighted by atomic mass is 9.98. The molecule has 3 nitrogen and oxygen atoms in total. The van der Waals surface area contributed by atoms with Gasteiger partial charge in [-0.3, -0.25) is 0 Å². The molecule has 0 aliphatic carbocycles. The molecule has 0 aromatic rings.